The molecule has 1 aromatic heterocycles. The van der Waals surface area contributed by atoms with Crippen LogP contribution < -0.4 is 5.32 Å². The van der Waals surface area contributed by atoms with Gasteiger partial charge in [-0.25, -0.2) is 4.79 Å². The molecule has 0 aliphatic carbocycles. The molecule has 1 fully saturated rings. The third-order valence-corrected chi connectivity index (χ3v) is 5.48. The predicted octanol–water partition coefficient (Wildman–Crippen LogP) is -0.0682. The number of rotatable bonds is 7. The van der Waals surface area contributed by atoms with E-state index in [-0.39, 0.29) is 29.5 Å². The summed E-state index contributed by atoms with van der Waals surface area (Å²) in [5, 5.41) is 15.1. The highest BCUT2D eigenvalue weighted by molar-refractivity contribution is 8.00. The molecule has 0 aromatic carbocycles. The molecule has 1 aromatic rings. The number of carbonyl (C=O) groups is 4. The van der Waals surface area contributed by atoms with E-state index in [2.05, 4.69) is 15.3 Å². The molecule has 29 heavy (non-hydrogen) atoms. The summed E-state index contributed by atoms with van der Waals surface area (Å²) in [6.07, 6.45) is 1.36. The molecule has 2 aliphatic rings. The Kier molecular flexibility index (Phi) is 5.92. The first-order valence-electron chi connectivity index (χ1n) is 8.34. The van der Waals surface area contributed by atoms with Crippen molar-refractivity contribution in [3.05, 3.63) is 35.4 Å². The number of thioether (sulfide) groups is 1. The lowest BCUT2D eigenvalue weighted by Gasteiger charge is -2.49. The summed E-state index contributed by atoms with van der Waals surface area (Å²) < 4.78 is 10.0. The maximum atomic E-state index is 12.6. The lowest BCUT2D eigenvalue weighted by molar-refractivity contribution is -0.150. The van der Waals surface area contributed by atoms with Crippen molar-refractivity contribution in [3.63, 3.8) is 0 Å². The van der Waals surface area contributed by atoms with Crippen LogP contribution in [0.15, 0.2) is 39.2 Å². The first-order chi connectivity index (χ1) is 13.8. The van der Waals surface area contributed by atoms with E-state index in [9.17, 15) is 24.3 Å². The first kappa shape index (κ1) is 20.5. The highest BCUT2D eigenvalue weighted by Crippen LogP contribution is 2.40. The van der Waals surface area contributed by atoms with Gasteiger partial charge >= 0.3 is 11.9 Å². The van der Waals surface area contributed by atoms with Crippen LogP contribution in [0.1, 0.15) is 12.7 Å². The smallest absolute Gasteiger partial charge is 0.352 e. The van der Waals surface area contributed by atoms with Crippen molar-refractivity contribution in [1.82, 2.24) is 10.2 Å². The average molecular weight is 423 g/mol. The lowest BCUT2D eigenvalue weighted by atomic mass is 10.0. The highest BCUT2D eigenvalue weighted by Gasteiger charge is 2.54. The number of carbonyl (C=O) groups excluding carboxylic acids is 3. The molecule has 1 saturated heterocycles. The van der Waals surface area contributed by atoms with E-state index in [4.69, 9.17) is 9.15 Å². The third-order valence-electron chi connectivity index (χ3n) is 4.14. The van der Waals surface area contributed by atoms with E-state index >= 15 is 0 Å². The number of hydrogen-bond acceptors (Lipinski definition) is 9. The number of nitrogens with zero attached hydrogens (tertiary/aromatic N) is 2. The zero-order chi connectivity index (χ0) is 21.1. The van der Waals surface area contributed by atoms with Crippen LogP contribution in [-0.4, -0.2) is 70.4 Å². The lowest BCUT2D eigenvalue weighted by Crippen LogP contribution is -2.71. The second-order valence-electron chi connectivity index (χ2n) is 6.00. The van der Waals surface area contributed by atoms with Gasteiger partial charge in [0.25, 0.3) is 11.8 Å². The van der Waals surface area contributed by atoms with Gasteiger partial charge in [-0.3, -0.25) is 19.3 Å². The van der Waals surface area contributed by atoms with Gasteiger partial charge in [0.05, 0.1) is 6.26 Å². The number of ether oxygens (including phenoxy) is 1. The molecular formula is C17H17N3O8S. The molecule has 2 aliphatic heterocycles. The number of nitrogens with one attached hydrogen (secondary N) is 1. The number of oxime groups is 1. The normalized spacial score (nSPS) is 21.2. The molecule has 0 bridgehead atoms. The van der Waals surface area contributed by atoms with Gasteiger partial charge in [-0.15, -0.1) is 11.8 Å². The third kappa shape index (κ3) is 3.97. The second-order valence-corrected chi connectivity index (χ2v) is 7.10. The fourth-order valence-electron chi connectivity index (χ4n) is 2.90. The largest absolute Gasteiger partial charge is 0.477 e. The van der Waals surface area contributed by atoms with Gasteiger partial charge < -0.3 is 24.4 Å². The summed E-state index contributed by atoms with van der Waals surface area (Å²) in [6.45, 7) is 0.985. The van der Waals surface area contributed by atoms with Crippen LogP contribution in [0, 0.1) is 0 Å². The zero-order valence-corrected chi connectivity index (χ0v) is 16.2. The summed E-state index contributed by atoms with van der Waals surface area (Å²) >= 11 is 1.25. The molecule has 3 rings (SSSR count). The monoisotopic (exact) mass is 423 g/mol. The Hall–Kier alpha value is -3.28. The zero-order valence-electron chi connectivity index (χ0n) is 15.4. The SMILES string of the molecule is CO/N=C(\C(=O)NC1C(=O)N2C(C(=O)O)=C(COC(C)=O)CSC12)c1ccco1. The Morgan fingerprint density at radius 2 is 2.21 bits per heavy atom. The Morgan fingerprint density at radius 1 is 1.45 bits per heavy atom. The number of fused-ring (bicyclic) bond motifs is 1. The van der Waals surface area contributed by atoms with Crippen molar-refractivity contribution >= 4 is 41.2 Å². The van der Waals surface area contributed by atoms with Crippen LogP contribution in [0.5, 0.6) is 0 Å². The predicted molar refractivity (Wildman–Crippen MR) is 98.6 cm³/mol. The molecule has 2 amide bonds. The molecular weight excluding hydrogens is 406 g/mol. The van der Waals surface area contributed by atoms with Gasteiger partial charge in [0.1, 0.15) is 30.8 Å². The van der Waals surface area contributed by atoms with Crippen molar-refractivity contribution in [3.8, 4) is 0 Å². The van der Waals surface area contributed by atoms with Crippen LogP contribution in [0.25, 0.3) is 0 Å². The van der Waals surface area contributed by atoms with E-state index in [0.717, 1.165) is 4.90 Å². The van der Waals surface area contributed by atoms with Gasteiger partial charge in [0, 0.05) is 18.2 Å². The molecule has 0 radical (unpaired) electrons. The van der Waals surface area contributed by atoms with Gasteiger partial charge in [-0.1, -0.05) is 5.16 Å². The maximum absolute atomic E-state index is 12.6. The number of β-lactam (4-membered cyclic amide) rings is 1. The number of furan rings is 1. The van der Waals surface area contributed by atoms with E-state index in [1.54, 1.807) is 6.07 Å². The van der Waals surface area contributed by atoms with Crippen LogP contribution in [0.2, 0.25) is 0 Å². The van der Waals surface area contributed by atoms with Crippen LogP contribution >= 0.6 is 11.8 Å². The molecule has 2 unspecified atom stereocenters. The van der Waals surface area contributed by atoms with Gasteiger partial charge in [-0.2, -0.15) is 0 Å². The molecule has 154 valence electrons. The van der Waals surface area contributed by atoms with Crippen molar-refractivity contribution in [2.45, 2.75) is 18.3 Å². The van der Waals surface area contributed by atoms with E-state index < -0.39 is 35.2 Å². The number of esters is 1. The molecule has 2 N–H and O–H groups in total. The number of carboxylic acid groups (broad SMARTS) is 1. The van der Waals surface area contributed by atoms with Gasteiger partial charge in [0.15, 0.2) is 5.76 Å². The summed E-state index contributed by atoms with van der Waals surface area (Å²) in [7, 11) is 1.26. The molecule has 12 heteroatoms. The maximum Gasteiger partial charge on any atom is 0.352 e. The van der Waals surface area contributed by atoms with E-state index in [1.165, 1.54) is 38.1 Å². The van der Waals surface area contributed by atoms with Crippen molar-refractivity contribution < 1.29 is 38.3 Å². The summed E-state index contributed by atoms with van der Waals surface area (Å²) in [4.78, 5) is 53.6. The number of amides is 2. The minimum atomic E-state index is -1.31. The molecule has 2 atom stereocenters. The summed E-state index contributed by atoms with van der Waals surface area (Å²) in [6, 6.07) is 2.12. The fourth-order valence-corrected chi connectivity index (χ4v) is 4.22. The van der Waals surface area contributed by atoms with Crippen LogP contribution in [0.4, 0.5) is 0 Å². The fraction of sp³-hybridized carbons (Fsp3) is 0.353. The standard InChI is InChI=1S/C17H17N3O8S/c1-8(21)28-6-9-7-29-16-12(15(23)20(16)13(9)17(24)25)18-14(22)11(19-26-2)10-4-3-5-27-10/h3-5,12,16H,6-7H2,1-2H3,(H,18,22)(H,24,25)/b19-11-. The Balaban J connectivity index is 1.77. The van der Waals surface area contributed by atoms with Gasteiger partial charge in [-0.05, 0) is 12.1 Å². The Bertz CT molecular complexity index is 908. The summed E-state index contributed by atoms with van der Waals surface area (Å²) in [5.74, 6) is -2.78. The summed E-state index contributed by atoms with van der Waals surface area (Å²) in [5.41, 5.74) is -0.0827. The van der Waals surface area contributed by atoms with Crippen molar-refractivity contribution in [2.75, 3.05) is 19.5 Å². The van der Waals surface area contributed by atoms with Crippen molar-refractivity contribution in [1.29, 1.82) is 0 Å². The number of hydrogen-bond donors (Lipinski definition) is 2. The van der Waals surface area contributed by atoms with Crippen LogP contribution in [0.3, 0.4) is 0 Å². The highest BCUT2D eigenvalue weighted by atomic mass is 32.2. The van der Waals surface area contributed by atoms with E-state index in [0.29, 0.717) is 5.57 Å². The first-order valence-corrected chi connectivity index (χ1v) is 9.39. The second kappa shape index (κ2) is 8.39. The Labute approximate surface area is 168 Å². The van der Waals surface area contributed by atoms with E-state index in [1.807, 2.05) is 0 Å². The van der Waals surface area contributed by atoms with Crippen LogP contribution in [-0.2, 0) is 28.8 Å². The molecule has 11 nitrogen and oxygen atoms in total. The van der Waals surface area contributed by atoms with Crippen molar-refractivity contribution in [2.24, 2.45) is 5.16 Å². The quantitative estimate of drug-likeness (QED) is 0.266. The molecule has 0 saturated carbocycles. The number of carboxylic acids is 1. The van der Waals surface area contributed by atoms with Gasteiger partial charge in [0.2, 0.25) is 5.71 Å². The topological polar surface area (TPSA) is 148 Å². The molecule has 0 spiro atoms. The minimum Gasteiger partial charge on any atom is -0.477 e. The Morgan fingerprint density at radius 3 is 2.79 bits per heavy atom. The number of aliphatic carboxylic acids is 1. The average Bonchev–Trinajstić information content (AvgIpc) is 3.21. The minimum absolute atomic E-state index is 0.152. The molecule has 3 heterocycles.